The zero-order chi connectivity index (χ0) is 19.9. The Morgan fingerprint density at radius 2 is 2.07 bits per heavy atom. The number of ether oxygens (including phenoxy) is 1. The van der Waals surface area contributed by atoms with Gasteiger partial charge in [-0.15, -0.1) is 0 Å². The van der Waals surface area contributed by atoms with Gasteiger partial charge in [0.2, 0.25) is 5.95 Å². The third-order valence-electron chi connectivity index (χ3n) is 3.97. The zero-order valence-corrected chi connectivity index (χ0v) is 16.0. The van der Waals surface area contributed by atoms with E-state index in [1.807, 2.05) is 24.3 Å². The van der Waals surface area contributed by atoms with E-state index in [4.69, 9.17) is 21.4 Å². The number of aliphatic hydroxyl groups is 2. The second-order valence-electron chi connectivity index (χ2n) is 5.85. The molecule has 4 N–H and O–H groups in total. The SMILES string of the molecule is COc1ccccc1C(CO)Nc1nc(Nc2cnn(CCO)c2)ncc1Cl. The number of methoxy groups -OCH3 is 1. The quantitative estimate of drug-likeness (QED) is 0.429. The molecule has 3 aromatic rings. The van der Waals surface area contributed by atoms with Crippen LogP contribution in [0, 0.1) is 0 Å². The topological polar surface area (TPSA) is 117 Å². The van der Waals surface area contributed by atoms with Gasteiger partial charge in [-0.3, -0.25) is 4.68 Å². The fourth-order valence-corrected chi connectivity index (χ4v) is 2.80. The number of nitrogens with zero attached hydrogens (tertiary/aromatic N) is 4. The normalized spacial score (nSPS) is 11.9. The van der Waals surface area contributed by atoms with Crippen molar-refractivity contribution in [2.45, 2.75) is 12.6 Å². The third kappa shape index (κ3) is 4.69. The Morgan fingerprint density at radius 3 is 2.82 bits per heavy atom. The highest BCUT2D eigenvalue weighted by Crippen LogP contribution is 2.30. The molecule has 0 fully saturated rings. The highest BCUT2D eigenvalue weighted by Gasteiger charge is 2.17. The Labute approximate surface area is 167 Å². The second kappa shape index (κ2) is 9.36. The van der Waals surface area contributed by atoms with Crippen molar-refractivity contribution in [3.63, 3.8) is 0 Å². The first-order valence-electron chi connectivity index (χ1n) is 8.57. The lowest BCUT2D eigenvalue weighted by Gasteiger charge is -2.20. The Kier molecular flexibility index (Phi) is 6.64. The fourth-order valence-electron chi connectivity index (χ4n) is 2.65. The zero-order valence-electron chi connectivity index (χ0n) is 15.2. The summed E-state index contributed by atoms with van der Waals surface area (Å²) < 4.78 is 6.96. The van der Waals surface area contributed by atoms with Crippen molar-refractivity contribution < 1.29 is 14.9 Å². The van der Waals surface area contributed by atoms with E-state index in [-0.39, 0.29) is 13.2 Å². The van der Waals surface area contributed by atoms with E-state index in [0.717, 1.165) is 5.56 Å². The van der Waals surface area contributed by atoms with Gasteiger partial charge in [-0.1, -0.05) is 29.8 Å². The van der Waals surface area contributed by atoms with E-state index in [0.29, 0.717) is 34.8 Å². The van der Waals surface area contributed by atoms with E-state index >= 15 is 0 Å². The molecule has 1 aromatic carbocycles. The lowest BCUT2D eigenvalue weighted by atomic mass is 10.1. The van der Waals surface area contributed by atoms with E-state index in [2.05, 4.69) is 25.7 Å². The standard InChI is InChI=1S/C18H21ClN6O3/c1-28-16-5-3-2-4-13(16)15(11-27)23-17-14(19)9-20-18(24-17)22-12-8-21-25(10-12)6-7-26/h2-5,8-10,15,26-27H,6-7,11H2,1H3,(H2,20,22,23,24). The minimum atomic E-state index is -0.469. The number of benzene rings is 1. The van der Waals surface area contributed by atoms with Crippen molar-refractivity contribution in [2.75, 3.05) is 31.0 Å². The van der Waals surface area contributed by atoms with Crippen LogP contribution in [0.5, 0.6) is 5.75 Å². The van der Waals surface area contributed by atoms with Gasteiger partial charge in [-0.25, -0.2) is 4.98 Å². The van der Waals surface area contributed by atoms with Crippen LogP contribution in [0.4, 0.5) is 17.5 Å². The van der Waals surface area contributed by atoms with Gasteiger partial charge in [0.05, 0.1) is 51.0 Å². The van der Waals surface area contributed by atoms with Crippen LogP contribution >= 0.6 is 11.6 Å². The van der Waals surface area contributed by atoms with Crippen molar-refractivity contribution in [3.05, 3.63) is 53.4 Å². The van der Waals surface area contributed by atoms with Gasteiger partial charge in [0.1, 0.15) is 10.8 Å². The first-order chi connectivity index (χ1) is 13.6. The molecule has 0 amide bonds. The molecule has 9 nitrogen and oxygen atoms in total. The van der Waals surface area contributed by atoms with Crippen LogP contribution in [-0.4, -0.2) is 50.3 Å². The largest absolute Gasteiger partial charge is 0.496 e. The van der Waals surface area contributed by atoms with Crippen LogP contribution < -0.4 is 15.4 Å². The van der Waals surface area contributed by atoms with Crippen LogP contribution in [0.15, 0.2) is 42.9 Å². The Balaban J connectivity index is 1.80. The molecular weight excluding hydrogens is 384 g/mol. The molecule has 1 unspecified atom stereocenters. The van der Waals surface area contributed by atoms with Crippen molar-refractivity contribution in [1.82, 2.24) is 19.7 Å². The van der Waals surface area contributed by atoms with Crippen molar-refractivity contribution in [3.8, 4) is 5.75 Å². The summed E-state index contributed by atoms with van der Waals surface area (Å²) in [5.74, 6) is 1.33. The van der Waals surface area contributed by atoms with Gasteiger partial charge >= 0.3 is 0 Å². The van der Waals surface area contributed by atoms with Gasteiger partial charge in [-0.05, 0) is 6.07 Å². The van der Waals surface area contributed by atoms with Gasteiger partial charge in [0.15, 0.2) is 5.82 Å². The lowest BCUT2D eigenvalue weighted by Crippen LogP contribution is -2.17. The van der Waals surface area contributed by atoms with Crippen LogP contribution in [0.3, 0.4) is 0 Å². The van der Waals surface area contributed by atoms with Gasteiger partial charge in [0, 0.05) is 11.8 Å². The second-order valence-corrected chi connectivity index (χ2v) is 6.26. The van der Waals surface area contributed by atoms with E-state index in [9.17, 15) is 5.11 Å². The van der Waals surface area contributed by atoms with E-state index < -0.39 is 6.04 Å². The molecule has 1 atom stereocenters. The third-order valence-corrected chi connectivity index (χ3v) is 4.25. The first kappa shape index (κ1) is 19.9. The van der Waals surface area contributed by atoms with E-state index in [1.54, 1.807) is 24.2 Å². The van der Waals surface area contributed by atoms with Gasteiger partial charge < -0.3 is 25.6 Å². The molecule has 0 saturated heterocycles. The maximum absolute atomic E-state index is 9.86. The molecule has 10 heteroatoms. The molecule has 0 radical (unpaired) electrons. The maximum atomic E-state index is 9.86. The minimum absolute atomic E-state index is 0.00186. The molecule has 0 aliphatic heterocycles. The summed E-state index contributed by atoms with van der Waals surface area (Å²) in [4.78, 5) is 8.55. The lowest BCUT2D eigenvalue weighted by molar-refractivity contribution is 0.269. The Bertz CT molecular complexity index is 920. The van der Waals surface area contributed by atoms with Crippen LogP contribution in [-0.2, 0) is 6.54 Å². The maximum Gasteiger partial charge on any atom is 0.229 e. The van der Waals surface area contributed by atoms with Crippen molar-refractivity contribution in [2.24, 2.45) is 0 Å². The van der Waals surface area contributed by atoms with E-state index in [1.165, 1.54) is 6.20 Å². The first-order valence-corrected chi connectivity index (χ1v) is 8.95. The molecule has 0 aliphatic rings. The highest BCUT2D eigenvalue weighted by molar-refractivity contribution is 6.32. The summed E-state index contributed by atoms with van der Waals surface area (Å²) in [6, 6.07) is 6.92. The predicted molar refractivity (Wildman–Crippen MR) is 106 cm³/mol. The molecular formula is C18H21ClN6O3. The predicted octanol–water partition coefficient (Wildman–Crippen LogP) is 2.22. The smallest absolute Gasteiger partial charge is 0.229 e. The summed E-state index contributed by atoms with van der Waals surface area (Å²) in [5.41, 5.74) is 1.45. The molecule has 28 heavy (non-hydrogen) atoms. The number of para-hydroxylation sites is 1. The van der Waals surface area contributed by atoms with Crippen LogP contribution in [0.25, 0.3) is 0 Å². The summed E-state index contributed by atoms with van der Waals surface area (Å²) in [6.45, 7) is 0.211. The number of hydrogen-bond donors (Lipinski definition) is 4. The summed E-state index contributed by atoms with van der Waals surface area (Å²) in [6.07, 6.45) is 4.80. The Morgan fingerprint density at radius 1 is 1.25 bits per heavy atom. The number of aromatic nitrogens is 4. The number of anilines is 3. The molecule has 3 rings (SSSR count). The van der Waals surface area contributed by atoms with Crippen molar-refractivity contribution in [1.29, 1.82) is 0 Å². The molecule has 2 heterocycles. The number of nitrogens with one attached hydrogen (secondary N) is 2. The molecule has 0 aliphatic carbocycles. The summed E-state index contributed by atoms with van der Waals surface area (Å²) in [7, 11) is 1.57. The summed E-state index contributed by atoms with van der Waals surface area (Å²) in [5, 5.41) is 29.4. The average molecular weight is 405 g/mol. The fraction of sp³-hybridized carbons (Fsp3) is 0.278. The number of hydrogen-bond acceptors (Lipinski definition) is 8. The van der Waals surface area contributed by atoms with Crippen LogP contribution in [0.2, 0.25) is 5.02 Å². The molecule has 0 bridgehead atoms. The van der Waals surface area contributed by atoms with Crippen molar-refractivity contribution >= 4 is 29.1 Å². The van der Waals surface area contributed by atoms with Gasteiger partial charge in [-0.2, -0.15) is 10.1 Å². The van der Waals surface area contributed by atoms with Crippen LogP contribution in [0.1, 0.15) is 11.6 Å². The Hall–Kier alpha value is -2.88. The molecule has 148 valence electrons. The molecule has 0 saturated carbocycles. The van der Waals surface area contributed by atoms with Gasteiger partial charge in [0.25, 0.3) is 0 Å². The number of rotatable bonds is 9. The molecule has 2 aromatic heterocycles. The minimum Gasteiger partial charge on any atom is -0.496 e. The number of halogens is 1. The average Bonchev–Trinajstić information content (AvgIpc) is 3.15. The highest BCUT2D eigenvalue weighted by atomic mass is 35.5. The number of aliphatic hydroxyl groups excluding tert-OH is 2. The summed E-state index contributed by atoms with van der Waals surface area (Å²) >= 11 is 6.23. The molecule has 0 spiro atoms. The monoisotopic (exact) mass is 404 g/mol.